The van der Waals surface area contributed by atoms with Gasteiger partial charge in [0.25, 0.3) is 0 Å². The zero-order valence-electron chi connectivity index (χ0n) is 11.7. The number of hydrogen-bond donors (Lipinski definition) is 2. The van der Waals surface area contributed by atoms with E-state index in [2.05, 4.69) is 30.9 Å². The minimum Gasteiger partial charge on any atom is -0.508 e. The van der Waals surface area contributed by atoms with E-state index in [1.54, 1.807) is 6.07 Å². The number of benzene rings is 1. The van der Waals surface area contributed by atoms with Gasteiger partial charge in [-0.25, -0.2) is 0 Å². The summed E-state index contributed by atoms with van der Waals surface area (Å²) in [6, 6.07) is 3.64. The number of aryl methyl sites for hydroxylation is 1. The van der Waals surface area contributed by atoms with E-state index < -0.39 is 0 Å². The lowest BCUT2D eigenvalue weighted by molar-refractivity contribution is 0.380. The van der Waals surface area contributed by atoms with Crippen LogP contribution in [0.15, 0.2) is 16.7 Å². The number of aromatic nitrogens is 2. The maximum Gasteiger partial charge on any atom is 0.240 e. The highest BCUT2D eigenvalue weighted by Gasteiger charge is 2.21. The highest BCUT2D eigenvalue weighted by molar-refractivity contribution is 5.64. The van der Waals surface area contributed by atoms with Gasteiger partial charge in [0, 0.05) is 5.56 Å². The van der Waals surface area contributed by atoms with Gasteiger partial charge in [-0.3, -0.25) is 0 Å². The van der Waals surface area contributed by atoms with Crippen LogP contribution in [0.25, 0.3) is 11.4 Å². The predicted molar refractivity (Wildman–Crippen MR) is 72.7 cm³/mol. The second kappa shape index (κ2) is 4.66. The molecule has 3 N–H and O–H groups in total. The van der Waals surface area contributed by atoms with Crippen molar-refractivity contribution in [2.75, 3.05) is 0 Å². The molecule has 0 aliphatic heterocycles. The minimum absolute atomic E-state index is 0.118. The Bertz CT molecular complexity index is 597. The van der Waals surface area contributed by atoms with Crippen molar-refractivity contribution in [3.8, 4) is 17.1 Å². The molecule has 0 radical (unpaired) electrons. The van der Waals surface area contributed by atoms with Gasteiger partial charge >= 0.3 is 0 Å². The monoisotopic (exact) mass is 261 g/mol. The molecule has 1 aromatic carbocycles. The Morgan fingerprint density at radius 2 is 2.00 bits per heavy atom. The zero-order chi connectivity index (χ0) is 14.2. The fourth-order valence-electron chi connectivity index (χ4n) is 1.99. The standard InChI is InChI=1S/C14H19N3O2/c1-8-5-10(14(2,3)4)11(18)6-9(8)13-16-12(7-15)19-17-13/h5-6,18H,7,15H2,1-4H3. The van der Waals surface area contributed by atoms with Crippen molar-refractivity contribution in [1.29, 1.82) is 0 Å². The Morgan fingerprint density at radius 1 is 1.32 bits per heavy atom. The molecule has 2 rings (SSSR count). The first-order valence-electron chi connectivity index (χ1n) is 6.20. The van der Waals surface area contributed by atoms with E-state index in [1.165, 1.54) is 0 Å². The Balaban J connectivity index is 2.52. The van der Waals surface area contributed by atoms with E-state index in [0.29, 0.717) is 11.7 Å². The van der Waals surface area contributed by atoms with Gasteiger partial charge < -0.3 is 15.4 Å². The van der Waals surface area contributed by atoms with Crippen molar-refractivity contribution in [3.63, 3.8) is 0 Å². The normalized spacial score (nSPS) is 11.8. The van der Waals surface area contributed by atoms with E-state index in [0.717, 1.165) is 16.7 Å². The van der Waals surface area contributed by atoms with Crippen LogP contribution in [0.5, 0.6) is 5.75 Å². The summed E-state index contributed by atoms with van der Waals surface area (Å²) in [5, 5.41) is 14.0. The summed E-state index contributed by atoms with van der Waals surface area (Å²) in [5.74, 6) is 1.08. The lowest BCUT2D eigenvalue weighted by Crippen LogP contribution is -2.11. The summed E-state index contributed by atoms with van der Waals surface area (Å²) in [5.41, 5.74) is 7.98. The lowest BCUT2D eigenvalue weighted by atomic mass is 9.84. The highest BCUT2D eigenvalue weighted by atomic mass is 16.5. The molecule has 0 amide bonds. The van der Waals surface area contributed by atoms with Crippen LogP contribution < -0.4 is 5.73 Å². The fourth-order valence-corrected chi connectivity index (χ4v) is 1.99. The summed E-state index contributed by atoms with van der Waals surface area (Å²) in [4.78, 5) is 4.18. The Hall–Kier alpha value is -1.88. The van der Waals surface area contributed by atoms with Crippen LogP contribution >= 0.6 is 0 Å². The number of nitrogens with zero attached hydrogens (tertiary/aromatic N) is 2. The molecule has 0 spiro atoms. The van der Waals surface area contributed by atoms with Crippen LogP contribution in [0, 0.1) is 6.92 Å². The van der Waals surface area contributed by atoms with Crippen LogP contribution in [0.3, 0.4) is 0 Å². The van der Waals surface area contributed by atoms with Crippen LogP contribution in [0.4, 0.5) is 0 Å². The first-order valence-corrected chi connectivity index (χ1v) is 6.20. The largest absolute Gasteiger partial charge is 0.508 e. The van der Waals surface area contributed by atoms with Crippen molar-refractivity contribution < 1.29 is 9.63 Å². The molecule has 5 nitrogen and oxygen atoms in total. The molecule has 1 heterocycles. The van der Waals surface area contributed by atoms with Crippen LogP contribution in [-0.4, -0.2) is 15.2 Å². The minimum atomic E-state index is -0.118. The third kappa shape index (κ3) is 2.61. The Kier molecular flexibility index (Phi) is 3.32. The fraction of sp³-hybridized carbons (Fsp3) is 0.429. The van der Waals surface area contributed by atoms with Gasteiger partial charge in [0.1, 0.15) is 5.75 Å². The molecular weight excluding hydrogens is 242 g/mol. The van der Waals surface area contributed by atoms with Gasteiger partial charge in [-0.15, -0.1) is 0 Å². The molecule has 2 aromatic rings. The highest BCUT2D eigenvalue weighted by Crippen LogP contribution is 2.35. The van der Waals surface area contributed by atoms with Crippen LogP contribution in [-0.2, 0) is 12.0 Å². The molecule has 5 heteroatoms. The van der Waals surface area contributed by atoms with Crippen molar-refractivity contribution in [2.24, 2.45) is 5.73 Å². The van der Waals surface area contributed by atoms with Crippen molar-refractivity contribution >= 4 is 0 Å². The molecule has 1 aromatic heterocycles. The molecule has 0 unspecified atom stereocenters. The summed E-state index contributed by atoms with van der Waals surface area (Å²) >= 11 is 0. The first kappa shape index (κ1) is 13.5. The maximum atomic E-state index is 10.2. The third-order valence-corrected chi connectivity index (χ3v) is 3.03. The SMILES string of the molecule is Cc1cc(C(C)(C)C)c(O)cc1-c1noc(CN)n1. The molecular formula is C14H19N3O2. The van der Waals surface area contributed by atoms with E-state index in [1.807, 2.05) is 13.0 Å². The van der Waals surface area contributed by atoms with E-state index in [9.17, 15) is 5.11 Å². The average molecular weight is 261 g/mol. The van der Waals surface area contributed by atoms with Crippen LogP contribution in [0.2, 0.25) is 0 Å². The smallest absolute Gasteiger partial charge is 0.240 e. The van der Waals surface area contributed by atoms with Crippen LogP contribution in [0.1, 0.15) is 37.8 Å². The van der Waals surface area contributed by atoms with Gasteiger partial charge in [-0.2, -0.15) is 4.98 Å². The Labute approximate surface area is 112 Å². The van der Waals surface area contributed by atoms with Crippen molar-refractivity contribution in [3.05, 3.63) is 29.2 Å². The van der Waals surface area contributed by atoms with Gasteiger partial charge in [0.2, 0.25) is 11.7 Å². The topological polar surface area (TPSA) is 85.2 Å². The summed E-state index contributed by atoms with van der Waals surface area (Å²) in [6.07, 6.45) is 0. The molecule has 0 atom stereocenters. The molecule has 0 bridgehead atoms. The van der Waals surface area contributed by atoms with Gasteiger partial charge in [0.05, 0.1) is 6.54 Å². The molecule has 0 fully saturated rings. The van der Waals surface area contributed by atoms with Crippen molar-refractivity contribution in [1.82, 2.24) is 10.1 Å². The summed E-state index contributed by atoms with van der Waals surface area (Å²) in [6.45, 7) is 8.34. The van der Waals surface area contributed by atoms with Gasteiger partial charge in [-0.1, -0.05) is 32.0 Å². The number of hydrogen-bond acceptors (Lipinski definition) is 5. The van der Waals surface area contributed by atoms with E-state index >= 15 is 0 Å². The number of rotatable bonds is 2. The second-order valence-electron chi connectivity index (χ2n) is 5.65. The van der Waals surface area contributed by atoms with Gasteiger partial charge in [0.15, 0.2) is 0 Å². The molecule has 19 heavy (non-hydrogen) atoms. The zero-order valence-corrected chi connectivity index (χ0v) is 11.7. The first-order chi connectivity index (χ1) is 8.82. The number of phenolic OH excluding ortho intramolecular Hbond substituents is 1. The van der Waals surface area contributed by atoms with E-state index in [4.69, 9.17) is 10.3 Å². The molecule has 102 valence electrons. The second-order valence-corrected chi connectivity index (χ2v) is 5.65. The molecule has 0 aliphatic carbocycles. The maximum absolute atomic E-state index is 10.2. The summed E-state index contributed by atoms with van der Waals surface area (Å²) < 4.78 is 4.99. The molecule has 0 saturated heterocycles. The van der Waals surface area contributed by atoms with E-state index in [-0.39, 0.29) is 17.7 Å². The summed E-state index contributed by atoms with van der Waals surface area (Å²) in [7, 11) is 0. The third-order valence-electron chi connectivity index (χ3n) is 3.03. The molecule has 0 aliphatic rings. The Morgan fingerprint density at radius 3 is 2.53 bits per heavy atom. The predicted octanol–water partition coefficient (Wildman–Crippen LogP) is 2.51. The van der Waals surface area contributed by atoms with Gasteiger partial charge in [-0.05, 0) is 29.5 Å². The lowest BCUT2D eigenvalue weighted by Gasteiger charge is -2.21. The molecule has 0 saturated carbocycles. The van der Waals surface area contributed by atoms with Crippen molar-refractivity contribution in [2.45, 2.75) is 39.7 Å². The number of nitrogens with two attached hydrogens (primary N) is 1. The average Bonchev–Trinajstić information content (AvgIpc) is 2.78. The number of aromatic hydroxyl groups is 1. The quantitative estimate of drug-likeness (QED) is 0.867. The number of phenols is 1.